The van der Waals surface area contributed by atoms with Crippen molar-refractivity contribution in [1.82, 2.24) is 15.1 Å². The minimum Gasteiger partial charge on any atom is -0.314 e. The highest BCUT2D eigenvalue weighted by Crippen LogP contribution is 2.21. The van der Waals surface area contributed by atoms with Gasteiger partial charge in [0.1, 0.15) is 0 Å². The Kier molecular flexibility index (Phi) is 5.14. The molecule has 2 heterocycles. The fourth-order valence-corrected chi connectivity index (χ4v) is 3.69. The molecule has 110 valence electrons. The van der Waals surface area contributed by atoms with Crippen LogP contribution in [0.15, 0.2) is 0 Å². The van der Waals surface area contributed by atoms with Crippen molar-refractivity contribution in [2.24, 2.45) is 0 Å². The van der Waals surface area contributed by atoms with E-state index >= 15 is 0 Å². The van der Waals surface area contributed by atoms with E-state index in [4.69, 9.17) is 0 Å². The number of nitrogens with zero attached hydrogens (tertiary/aromatic N) is 2. The first kappa shape index (κ1) is 13.8. The Morgan fingerprint density at radius 3 is 2.26 bits per heavy atom. The summed E-state index contributed by atoms with van der Waals surface area (Å²) in [5, 5.41) is 3.62. The quantitative estimate of drug-likeness (QED) is 0.742. The highest BCUT2D eigenvalue weighted by molar-refractivity contribution is 4.83. The van der Waals surface area contributed by atoms with Crippen molar-refractivity contribution >= 4 is 0 Å². The van der Waals surface area contributed by atoms with Crippen LogP contribution in [0.2, 0.25) is 0 Å². The Morgan fingerprint density at radius 1 is 0.842 bits per heavy atom. The Hall–Kier alpha value is -0.120. The molecule has 3 rings (SSSR count). The molecule has 1 aliphatic carbocycles. The van der Waals surface area contributed by atoms with E-state index in [1.165, 1.54) is 90.6 Å². The van der Waals surface area contributed by atoms with Gasteiger partial charge in [0, 0.05) is 12.1 Å². The van der Waals surface area contributed by atoms with Crippen LogP contribution >= 0.6 is 0 Å². The lowest BCUT2D eigenvalue weighted by Crippen LogP contribution is -2.47. The van der Waals surface area contributed by atoms with Crippen LogP contribution in [0.5, 0.6) is 0 Å². The molecule has 3 fully saturated rings. The zero-order chi connectivity index (χ0) is 12.9. The number of piperidine rings is 2. The van der Waals surface area contributed by atoms with Crippen LogP contribution in [0.3, 0.4) is 0 Å². The lowest BCUT2D eigenvalue weighted by atomic mass is 10.00. The predicted molar refractivity (Wildman–Crippen MR) is 80.5 cm³/mol. The van der Waals surface area contributed by atoms with E-state index in [1.807, 2.05) is 0 Å². The molecule has 0 amide bonds. The van der Waals surface area contributed by atoms with E-state index in [2.05, 4.69) is 15.1 Å². The van der Waals surface area contributed by atoms with Gasteiger partial charge in [-0.3, -0.25) is 0 Å². The minimum atomic E-state index is 0.879. The maximum atomic E-state index is 3.62. The summed E-state index contributed by atoms with van der Waals surface area (Å²) in [4.78, 5) is 5.46. The zero-order valence-electron chi connectivity index (χ0n) is 12.4. The highest BCUT2D eigenvalue weighted by atomic mass is 15.2. The van der Waals surface area contributed by atoms with E-state index in [0.29, 0.717) is 0 Å². The number of likely N-dealkylation sites (tertiary alicyclic amines) is 2. The normalized spacial score (nSPS) is 27.8. The van der Waals surface area contributed by atoms with E-state index in [-0.39, 0.29) is 0 Å². The van der Waals surface area contributed by atoms with Gasteiger partial charge in [0.2, 0.25) is 0 Å². The predicted octanol–water partition coefficient (Wildman–Crippen LogP) is 2.08. The fourth-order valence-electron chi connectivity index (χ4n) is 3.69. The summed E-state index contributed by atoms with van der Waals surface area (Å²) in [5.41, 5.74) is 0. The van der Waals surface area contributed by atoms with Crippen molar-refractivity contribution in [1.29, 1.82) is 0 Å². The van der Waals surface area contributed by atoms with Gasteiger partial charge in [-0.2, -0.15) is 0 Å². The average Bonchev–Trinajstić information content (AvgIpc) is 3.29. The average molecular weight is 265 g/mol. The summed E-state index contributed by atoms with van der Waals surface area (Å²) in [6.45, 7) is 7.96. The van der Waals surface area contributed by atoms with Crippen molar-refractivity contribution in [3.63, 3.8) is 0 Å². The fraction of sp³-hybridized carbons (Fsp3) is 1.00. The molecule has 2 saturated heterocycles. The smallest absolute Gasteiger partial charge is 0.0120 e. The molecule has 0 spiro atoms. The van der Waals surface area contributed by atoms with Gasteiger partial charge in [-0.05, 0) is 84.2 Å². The molecule has 0 aromatic rings. The van der Waals surface area contributed by atoms with E-state index < -0.39 is 0 Å². The van der Waals surface area contributed by atoms with Crippen LogP contribution in [-0.4, -0.2) is 61.2 Å². The van der Waals surface area contributed by atoms with Gasteiger partial charge < -0.3 is 15.1 Å². The summed E-state index contributed by atoms with van der Waals surface area (Å²) in [7, 11) is 0. The third kappa shape index (κ3) is 4.44. The molecule has 1 N–H and O–H groups in total. The van der Waals surface area contributed by atoms with Crippen LogP contribution in [0.25, 0.3) is 0 Å². The molecule has 19 heavy (non-hydrogen) atoms. The van der Waals surface area contributed by atoms with Crippen molar-refractivity contribution < 1.29 is 0 Å². The molecular weight excluding hydrogens is 234 g/mol. The molecule has 1 saturated carbocycles. The lowest BCUT2D eigenvalue weighted by Gasteiger charge is -2.40. The number of hydrogen-bond donors (Lipinski definition) is 1. The molecule has 3 aliphatic rings. The molecule has 3 nitrogen and oxygen atoms in total. The summed E-state index contributed by atoms with van der Waals surface area (Å²) < 4.78 is 0. The first-order valence-corrected chi connectivity index (χ1v) is 8.61. The van der Waals surface area contributed by atoms with E-state index in [9.17, 15) is 0 Å². The van der Waals surface area contributed by atoms with Gasteiger partial charge in [-0.25, -0.2) is 0 Å². The molecule has 0 unspecified atom stereocenters. The molecule has 3 heteroatoms. The van der Waals surface area contributed by atoms with Crippen molar-refractivity contribution in [2.75, 3.05) is 39.3 Å². The molecule has 0 radical (unpaired) electrons. The van der Waals surface area contributed by atoms with Crippen LogP contribution in [0, 0.1) is 0 Å². The maximum absolute atomic E-state index is 3.62. The Balaban J connectivity index is 1.27. The summed E-state index contributed by atoms with van der Waals surface area (Å²) in [6.07, 6.45) is 11.3. The van der Waals surface area contributed by atoms with Gasteiger partial charge in [0.05, 0.1) is 0 Å². The number of nitrogens with one attached hydrogen (secondary N) is 1. The number of rotatable bonds is 6. The highest BCUT2D eigenvalue weighted by Gasteiger charge is 2.25. The Morgan fingerprint density at radius 2 is 1.58 bits per heavy atom. The molecule has 2 aliphatic heterocycles. The monoisotopic (exact) mass is 265 g/mol. The van der Waals surface area contributed by atoms with Gasteiger partial charge in [-0.1, -0.05) is 6.42 Å². The molecule has 0 atom stereocenters. The second-order valence-electron chi connectivity index (χ2n) is 6.75. The SMILES string of the molecule is C1CCN(C2CCN(CCCNC3CC3)CC2)CC1. The first-order valence-electron chi connectivity index (χ1n) is 8.61. The Labute approximate surface area is 118 Å². The summed E-state index contributed by atoms with van der Waals surface area (Å²) in [5.74, 6) is 0. The zero-order valence-corrected chi connectivity index (χ0v) is 12.4. The second-order valence-corrected chi connectivity index (χ2v) is 6.75. The second kappa shape index (κ2) is 7.05. The van der Waals surface area contributed by atoms with Crippen LogP contribution in [0.1, 0.15) is 51.4 Å². The summed E-state index contributed by atoms with van der Waals surface area (Å²) >= 11 is 0. The number of hydrogen-bond acceptors (Lipinski definition) is 3. The lowest BCUT2D eigenvalue weighted by molar-refractivity contribution is 0.0921. The largest absolute Gasteiger partial charge is 0.314 e. The third-order valence-corrected chi connectivity index (χ3v) is 5.13. The molecule has 0 aromatic carbocycles. The Bertz CT molecular complexity index is 251. The van der Waals surface area contributed by atoms with Gasteiger partial charge in [-0.15, -0.1) is 0 Å². The molecular formula is C16H31N3. The topological polar surface area (TPSA) is 18.5 Å². The standard InChI is InChI=1S/C16H31N3/c1-2-11-19(12-3-1)16-7-13-18(14-8-16)10-4-9-17-15-5-6-15/h15-17H,1-14H2. The van der Waals surface area contributed by atoms with Crippen molar-refractivity contribution in [2.45, 2.75) is 63.5 Å². The van der Waals surface area contributed by atoms with Gasteiger partial charge >= 0.3 is 0 Å². The minimum absolute atomic E-state index is 0.879. The van der Waals surface area contributed by atoms with Crippen LogP contribution < -0.4 is 5.32 Å². The molecule has 0 bridgehead atoms. The van der Waals surface area contributed by atoms with Crippen molar-refractivity contribution in [3.05, 3.63) is 0 Å². The molecule has 0 aromatic heterocycles. The van der Waals surface area contributed by atoms with E-state index in [0.717, 1.165) is 12.1 Å². The van der Waals surface area contributed by atoms with Gasteiger partial charge in [0.25, 0.3) is 0 Å². The van der Waals surface area contributed by atoms with Crippen molar-refractivity contribution in [3.8, 4) is 0 Å². The third-order valence-electron chi connectivity index (χ3n) is 5.13. The van der Waals surface area contributed by atoms with E-state index in [1.54, 1.807) is 0 Å². The summed E-state index contributed by atoms with van der Waals surface area (Å²) in [6, 6.07) is 1.78. The van der Waals surface area contributed by atoms with Crippen LogP contribution in [-0.2, 0) is 0 Å². The van der Waals surface area contributed by atoms with Gasteiger partial charge in [0.15, 0.2) is 0 Å². The van der Waals surface area contributed by atoms with Crippen LogP contribution in [0.4, 0.5) is 0 Å². The maximum Gasteiger partial charge on any atom is 0.0120 e. The first-order chi connectivity index (χ1) is 9.42.